The van der Waals surface area contributed by atoms with Gasteiger partial charge in [0.1, 0.15) is 41.6 Å². The van der Waals surface area contributed by atoms with Gasteiger partial charge in [-0.05, 0) is 89.8 Å². The number of rotatable bonds is 13. The first-order valence-electron chi connectivity index (χ1n) is 25.4. The Morgan fingerprint density at radius 1 is 0.811 bits per heavy atom. The Balaban J connectivity index is 1.34. The van der Waals surface area contributed by atoms with E-state index >= 15 is 19.2 Å². The Labute approximate surface area is 430 Å². The number of fused-ring (bicyclic) bond motifs is 3. The van der Waals surface area contributed by atoms with Gasteiger partial charge in [-0.3, -0.25) is 19.3 Å². The molecule has 5 aromatic rings. The molecule has 1 saturated carbocycles. The molecular weight excluding hydrogens is 941 g/mol. The minimum absolute atomic E-state index is 0.0579. The minimum Gasteiger partial charge on any atom is -0.491 e. The van der Waals surface area contributed by atoms with Crippen LogP contribution in [-0.2, 0) is 34.1 Å². The molecule has 1 aliphatic carbocycles. The molecule has 74 heavy (non-hydrogen) atoms. The van der Waals surface area contributed by atoms with Gasteiger partial charge in [0.25, 0.3) is 0 Å². The van der Waals surface area contributed by atoms with Gasteiger partial charge in [-0.1, -0.05) is 142 Å². The van der Waals surface area contributed by atoms with E-state index in [1.165, 1.54) is 7.11 Å². The molecular formula is C59H62N4O11. The number of nitrogens with one attached hydrogen (secondary N) is 2. The van der Waals surface area contributed by atoms with Crippen LogP contribution in [0.2, 0.25) is 0 Å². The number of aliphatic hydroxyl groups excluding tert-OH is 2. The number of esters is 2. The summed E-state index contributed by atoms with van der Waals surface area (Å²) >= 11 is 0. The summed E-state index contributed by atoms with van der Waals surface area (Å²) in [6.45, 7) is 2.73. The molecule has 15 nitrogen and oxygen atoms in total. The van der Waals surface area contributed by atoms with Crippen LogP contribution in [0.4, 0.5) is 10.5 Å². The molecule has 3 aliphatic heterocycles. The third-order valence-electron chi connectivity index (χ3n) is 14.9. The lowest BCUT2D eigenvalue weighted by molar-refractivity contribution is -0.178. The first-order valence-corrected chi connectivity index (χ1v) is 25.4. The smallest absolute Gasteiger partial charge is 0.329 e. The molecule has 5 N–H and O–H groups in total. The van der Waals surface area contributed by atoms with E-state index in [0.29, 0.717) is 46.4 Å². The van der Waals surface area contributed by atoms with Gasteiger partial charge < -0.3 is 40.2 Å². The number of ether oxygens (including phenoxy) is 3. The van der Waals surface area contributed by atoms with Crippen molar-refractivity contribution in [3.05, 3.63) is 167 Å². The third-order valence-corrected chi connectivity index (χ3v) is 14.9. The van der Waals surface area contributed by atoms with Gasteiger partial charge in [-0.25, -0.2) is 14.5 Å². The van der Waals surface area contributed by atoms with E-state index in [9.17, 15) is 20.1 Å². The van der Waals surface area contributed by atoms with Crippen LogP contribution < -0.4 is 20.3 Å². The average molecular weight is 1000 g/mol. The van der Waals surface area contributed by atoms with Gasteiger partial charge in [-0.2, -0.15) is 0 Å². The van der Waals surface area contributed by atoms with Crippen molar-refractivity contribution < 1.29 is 53.5 Å². The second-order valence-corrected chi connectivity index (χ2v) is 19.8. The van der Waals surface area contributed by atoms with Crippen molar-refractivity contribution in [2.45, 2.75) is 99.8 Å². The summed E-state index contributed by atoms with van der Waals surface area (Å²) in [6.07, 6.45) is 2.23. The number of benzene rings is 5. The standard InChI is InChI=1S/C59H62N4O11/c1-37(2)48(54(67)72-3)61-57(70)62-45-27-26-38(28-31-58(71)29-15-4-5-16-30-58)34-44(45)59(56(62)69)47(53(66)60-36-46(65)39-18-9-6-10-19-39)50-55(68)74-51(41-22-13-8-14-23-41)49(40-20-11-7-12-21-40)63(50)52(59)42-24-17-25-43(35-42)73-33-32-64/h6-14,17-27,34-35,37,46-52,64-65,71H,4-5,15-16,29-30,32-33,36H2,1-3H3,(H,60,66)(H,61,70)/t46-,47-,48-,49-,50-,51+,52+,59-/m0/s1. The highest BCUT2D eigenvalue weighted by molar-refractivity contribution is 6.25. The van der Waals surface area contributed by atoms with Crippen LogP contribution >= 0.6 is 0 Å². The monoisotopic (exact) mass is 1000 g/mol. The van der Waals surface area contributed by atoms with Crippen molar-refractivity contribution in [3.63, 3.8) is 0 Å². The zero-order valence-electron chi connectivity index (χ0n) is 41.7. The van der Waals surface area contributed by atoms with E-state index in [1.807, 2.05) is 65.6 Å². The highest BCUT2D eigenvalue weighted by atomic mass is 16.6. The molecule has 8 atom stereocenters. The number of carbonyl (C=O) groups excluding carboxylic acids is 5. The van der Waals surface area contributed by atoms with Crippen LogP contribution in [0.15, 0.2) is 133 Å². The van der Waals surface area contributed by atoms with Crippen LogP contribution in [0.25, 0.3) is 0 Å². The summed E-state index contributed by atoms with van der Waals surface area (Å²) in [6, 6.07) is 33.0. The Morgan fingerprint density at radius 2 is 1.46 bits per heavy atom. The lowest BCUT2D eigenvalue weighted by Gasteiger charge is -2.46. The SMILES string of the molecule is COC(=O)[C@@H](NC(=O)N1C(=O)[C@@]2(c3cc(C#CC4(O)CCCCCC4)ccc31)[C@H](C(=O)NC[C@H](O)c1ccccc1)[C@H]1C(=O)O[C@H](c3ccccc3)[C@H](c3ccccc3)N1[C@@H]2c1cccc(OCCO)c1)C(C)C. The molecule has 9 rings (SSSR count). The molecule has 384 valence electrons. The van der Waals surface area contributed by atoms with Gasteiger partial charge in [0.15, 0.2) is 0 Å². The van der Waals surface area contributed by atoms with Crippen LogP contribution in [0.5, 0.6) is 5.75 Å². The Bertz CT molecular complexity index is 2920. The summed E-state index contributed by atoms with van der Waals surface area (Å²) in [5.41, 5.74) is -0.695. The van der Waals surface area contributed by atoms with Gasteiger partial charge in [-0.15, -0.1) is 0 Å². The number of aliphatic hydroxyl groups is 3. The van der Waals surface area contributed by atoms with E-state index in [0.717, 1.165) is 30.6 Å². The maximum absolute atomic E-state index is 16.8. The molecule has 2 saturated heterocycles. The predicted octanol–water partition coefficient (Wildman–Crippen LogP) is 6.92. The fourth-order valence-corrected chi connectivity index (χ4v) is 11.5. The van der Waals surface area contributed by atoms with Gasteiger partial charge in [0.05, 0.1) is 43.5 Å². The quantitative estimate of drug-likeness (QED) is 0.0464. The lowest BCUT2D eigenvalue weighted by atomic mass is 9.65. The largest absolute Gasteiger partial charge is 0.491 e. The second-order valence-electron chi connectivity index (χ2n) is 19.8. The maximum Gasteiger partial charge on any atom is 0.329 e. The number of methoxy groups -OCH3 is 1. The Kier molecular flexibility index (Phi) is 15.3. The zero-order valence-corrected chi connectivity index (χ0v) is 41.7. The number of imide groups is 1. The van der Waals surface area contributed by atoms with Crippen molar-refractivity contribution in [2.75, 3.05) is 31.8 Å². The van der Waals surface area contributed by atoms with Gasteiger partial charge in [0.2, 0.25) is 11.8 Å². The van der Waals surface area contributed by atoms with E-state index in [1.54, 1.807) is 86.6 Å². The average Bonchev–Trinajstić information content (AvgIpc) is 3.77. The summed E-state index contributed by atoms with van der Waals surface area (Å²) in [5, 5.41) is 38.9. The number of urea groups is 1. The topological polar surface area (TPSA) is 204 Å². The molecule has 5 aromatic carbocycles. The minimum atomic E-state index is -2.22. The molecule has 3 heterocycles. The molecule has 0 aromatic heterocycles. The van der Waals surface area contributed by atoms with E-state index in [2.05, 4.69) is 22.5 Å². The van der Waals surface area contributed by atoms with Crippen molar-refractivity contribution in [1.29, 1.82) is 0 Å². The first-order chi connectivity index (χ1) is 35.8. The summed E-state index contributed by atoms with van der Waals surface area (Å²) in [7, 11) is 1.20. The van der Waals surface area contributed by atoms with Crippen molar-refractivity contribution in [3.8, 4) is 17.6 Å². The fraction of sp³-hybridized carbons (Fsp3) is 0.373. The number of amides is 4. The van der Waals surface area contributed by atoms with E-state index in [-0.39, 0.29) is 31.0 Å². The molecule has 0 unspecified atom stereocenters. The number of cyclic esters (lactones) is 1. The molecule has 0 radical (unpaired) electrons. The maximum atomic E-state index is 16.8. The van der Waals surface area contributed by atoms with Gasteiger partial charge >= 0.3 is 18.0 Å². The van der Waals surface area contributed by atoms with Crippen molar-refractivity contribution >= 4 is 35.5 Å². The summed E-state index contributed by atoms with van der Waals surface area (Å²) in [4.78, 5) is 79.5. The molecule has 3 fully saturated rings. The predicted molar refractivity (Wildman–Crippen MR) is 274 cm³/mol. The molecule has 0 bridgehead atoms. The van der Waals surface area contributed by atoms with E-state index in [4.69, 9.17) is 14.2 Å². The fourth-order valence-electron chi connectivity index (χ4n) is 11.5. The zero-order chi connectivity index (χ0) is 52.1. The Morgan fingerprint density at radius 3 is 2.11 bits per heavy atom. The number of hydrogen-bond donors (Lipinski definition) is 5. The van der Waals surface area contributed by atoms with Crippen molar-refractivity contribution in [2.24, 2.45) is 11.8 Å². The molecule has 1 spiro atoms. The number of nitrogens with zero attached hydrogens (tertiary/aromatic N) is 2. The van der Waals surface area contributed by atoms with Gasteiger partial charge in [0, 0.05) is 12.1 Å². The summed E-state index contributed by atoms with van der Waals surface area (Å²) < 4.78 is 17.7. The summed E-state index contributed by atoms with van der Waals surface area (Å²) in [5.74, 6) is 1.19. The molecule has 4 aliphatic rings. The second kappa shape index (κ2) is 22.0. The Hall–Kier alpha value is -7.35. The van der Waals surface area contributed by atoms with Crippen molar-refractivity contribution in [1.82, 2.24) is 15.5 Å². The highest BCUT2D eigenvalue weighted by Crippen LogP contribution is 2.66. The molecule has 4 amide bonds. The third kappa shape index (κ3) is 9.78. The molecule has 15 heteroatoms. The number of anilines is 1. The number of carbonyl (C=O) groups is 5. The highest BCUT2D eigenvalue weighted by Gasteiger charge is 2.75. The first kappa shape index (κ1) is 51.5. The lowest BCUT2D eigenvalue weighted by Crippen LogP contribution is -2.58. The van der Waals surface area contributed by atoms with E-state index < -0.39 is 89.0 Å². The number of morpholine rings is 1. The number of hydrogen-bond acceptors (Lipinski definition) is 12. The normalized spacial score (nSPS) is 23.8. The van der Waals surface area contributed by atoms with Crippen LogP contribution in [0.1, 0.15) is 110 Å². The van der Waals surface area contributed by atoms with Crippen LogP contribution in [0, 0.1) is 23.7 Å². The van der Waals surface area contributed by atoms with Crippen LogP contribution in [0.3, 0.4) is 0 Å². The van der Waals surface area contributed by atoms with Crippen LogP contribution in [-0.4, -0.2) is 94.6 Å².